The van der Waals surface area contributed by atoms with Gasteiger partial charge < -0.3 is 0 Å². The molecule has 28 heavy (non-hydrogen) atoms. The molecule has 5 rings (SSSR count). The molecule has 0 heterocycles. The van der Waals surface area contributed by atoms with Crippen LogP contribution >= 0.6 is 0 Å². The Labute approximate surface area is 166 Å². The first-order valence-electron chi connectivity index (χ1n) is 10.3. The van der Waals surface area contributed by atoms with E-state index < -0.39 is 0 Å². The fourth-order valence-corrected chi connectivity index (χ4v) is 4.81. The molecule has 138 valence electrons. The average molecular weight is 364 g/mol. The third-order valence-corrected chi connectivity index (χ3v) is 6.25. The van der Waals surface area contributed by atoms with Crippen LogP contribution in [0.4, 0.5) is 0 Å². The number of hydrogen-bond acceptors (Lipinski definition) is 1. The number of Topliss-reactive ketones (excluding diaryl/α,β-unsaturated/α-hetero) is 1. The zero-order chi connectivity index (χ0) is 19.1. The minimum atomic E-state index is 0.159. The highest BCUT2D eigenvalue weighted by atomic mass is 16.1. The Morgan fingerprint density at radius 1 is 0.750 bits per heavy atom. The van der Waals surface area contributed by atoms with Gasteiger partial charge in [-0.25, -0.2) is 0 Å². The fourth-order valence-electron chi connectivity index (χ4n) is 4.81. The summed E-state index contributed by atoms with van der Waals surface area (Å²) in [6.45, 7) is 2.19. The second-order valence-corrected chi connectivity index (χ2v) is 7.93. The van der Waals surface area contributed by atoms with Crippen molar-refractivity contribution in [3.05, 3.63) is 83.9 Å². The van der Waals surface area contributed by atoms with Crippen LogP contribution in [0.5, 0.6) is 0 Å². The third kappa shape index (κ3) is 2.65. The van der Waals surface area contributed by atoms with Crippen LogP contribution in [-0.2, 0) is 6.42 Å². The number of fused-ring (bicyclic) bond motifs is 4. The van der Waals surface area contributed by atoms with Crippen LogP contribution < -0.4 is 0 Å². The lowest BCUT2D eigenvalue weighted by Crippen LogP contribution is -2.08. The molecule has 4 aromatic rings. The van der Waals surface area contributed by atoms with Gasteiger partial charge in [-0.05, 0) is 51.1 Å². The number of ketones is 1. The summed E-state index contributed by atoms with van der Waals surface area (Å²) in [5.74, 6) is 0.503. The number of carbonyl (C=O) groups excluding carboxylic acids is 1. The van der Waals surface area contributed by atoms with Gasteiger partial charge in [0.15, 0.2) is 5.78 Å². The Kier molecular flexibility index (Phi) is 4.24. The van der Waals surface area contributed by atoms with Gasteiger partial charge in [-0.2, -0.15) is 0 Å². The first-order valence-corrected chi connectivity index (χ1v) is 10.3. The van der Waals surface area contributed by atoms with Crippen molar-refractivity contribution in [2.45, 2.75) is 32.6 Å². The van der Waals surface area contributed by atoms with Gasteiger partial charge in [-0.3, -0.25) is 4.79 Å². The van der Waals surface area contributed by atoms with Gasteiger partial charge in [0.2, 0.25) is 0 Å². The third-order valence-electron chi connectivity index (χ3n) is 6.25. The Bertz CT molecular complexity index is 1200. The largest absolute Gasteiger partial charge is 0.294 e. The molecule has 1 heteroatoms. The monoisotopic (exact) mass is 364 g/mol. The van der Waals surface area contributed by atoms with Gasteiger partial charge in [0.1, 0.15) is 0 Å². The van der Waals surface area contributed by atoms with E-state index in [2.05, 4.69) is 67.6 Å². The highest BCUT2D eigenvalue weighted by Gasteiger charge is 2.31. The number of unbranched alkanes of at least 4 members (excludes halogenated alkanes) is 1. The summed E-state index contributed by atoms with van der Waals surface area (Å²) < 4.78 is 0. The lowest BCUT2D eigenvalue weighted by atomic mass is 9.91. The maximum atomic E-state index is 12.9. The van der Waals surface area contributed by atoms with Gasteiger partial charge in [0, 0.05) is 11.5 Å². The summed E-state index contributed by atoms with van der Waals surface area (Å²) in [4.78, 5) is 12.9. The van der Waals surface area contributed by atoms with E-state index in [4.69, 9.17) is 0 Å². The van der Waals surface area contributed by atoms with Gasteiger partial charge in [0.25, 0.3) is 0 Å². The van der Waals surface area contributed by atoms with Gasteiger partial charge >= 0.3 is 0 Å². The SMILES string of the molecule is CCCCC1Cc2c(cccc2-c2cccc3c2ccc2ccccc23)C1=O. The number of benzene rings is 4. The Morgan fingerprint density at radius 2 is 1.50 bits per heavy atom. The Balaban J connectivity index is 1.69. The van der Waals surface area contributed by atoms with Gasteiger partial charge in [-0.1, -0.05) is 92.6 Å². The Hall–Kier alpha value is -2.93. The topological polar surface area (TPSA) is 17.1 Å². The molecule has 0 saturated carbocycles. The standard InChI is InChI=1S/C27H24O/c1-2-3-8-19-17-26-23(13-7-14-25(26)27(19)28)22-12-6-11-21-20-10-5-4-9-18(20)15-16-24(21)22/h4-7,9-16,19H,2-3,8,17H2,1H3. The quantitative estimate of drug-likeness (QED) is 0.350. The first kappa shape index (κ1) is 17.2. The van der Waals surface area contributed by atoms with E-state index in [0.717, 1.165) is 31.2 Å². The van der Waals surface area contributed by atoms with Crippen molar-refractivity contribution >= 4 is 27.3 Å². The van der Waals surface area contributed by atoms with Crippen LogP contribution in [0.3, 0.4) is 0 Å². The normalized spacial score (nSPS) is 16.0. The average Bonchev–Trinajstić information content (AvgIpc) is 3.07. The molecule has 1 nitrogen and oxygen atoms in total. The number of rotatable bonds is 4. The molecule has 0 N–H and O–H groups in total. The van der Waals surface area contributed by atoms with Crippen molar-refractivity contribution < 1.29 is 4.79 Å². The minimum Gasteiger partial charge on any atom is -0.294 e. The van der Waals surface area contributed by atoms with E-state index in [1.807, 2.05) is 12.1 Å². The molecule has 1 atom stereocenters. The summed E-state index contributed by atoms with van der Waals surface area (Å²) in [6.07, 6.45) is 4.15. The van der Waals surface area contributed by atoms with E-state index in [9.17, 15) is 4.79 Å². The molecule has 1 aliphatic carbocycles. The molecule has 4 aromatic carbocycles. The van der Waals surface area contributed by atoms with Crippen molar-refractivity contribution in [1.82, 2.24) is 0 Å². The van der Waals surface area contributed by atoms with Crippen molar-refractivity contribution in [3.63, 3.8) is 0 Å². The van der Waals surface area contributed by atoms with Crippen LogP contribution in [0.1, 0.15) is 42.1 Å². The number of carbonyl (C=O) groups is 1. The van der Waals surface area contributed by atoms with Gasteiger partial charge in [-0.15, -0.1) is 0 Å². The summed E-state index contributed by atoms with van der Waals surface area (Å²) in [7, 11) is 0. The highest BCUT2D eigenvalue weighted by molar-refractivity contribution is 6.13. The predicted molar refractivity (Wildman–Crippen MR) is 118 cm³/mol. The minimum absolute atomic E-state index is 0.159. The van der Waals surface area contributed by atoms with Crippen molar-refractivity contribution in [2.75, 3.05) is 0 Å². The Morgan fingerprint density at radius 3 is 2.39 bits per heavy atom. The molecule has 0 saturated heterocycles. The maximum Gasteiger partial charge on any atom is 0.166 e. The zero-order valence-corrected chi connectivity index (χ0v) is 16.2. The molecule has 0 aromatic heterocycles. The van der Waals surface area contributed by atoms with E-state index in [1.165, 1.54) is 38.2 Å². The number of hydrogen-bond donors (Lipinski definition) is 0. The zero-order valence-electron chi connectivity index (χ0n) is 16.2. The molecule has 1 aliphatic rings. The van der Waals surface area contributed by atoms with E-state index in [1.54, 1.807) is 0 Å². The molecule has 0 fully saturated rings. The second-order valence-electron chi connectivity index (χ2n) is 7.93. The summed E-state index contributed by atoms with van der Waals surface area (Å²) in [6, 6.07) is 25.8. The molecule has 0 spiro atoms. The highest BCUT2D eigenvalue weighted by Crippen LogP contribution is 2.40. The molecule has 0 radical (unpaired) electrons. The lowest BCUT2D eigenvalue weighted by molar-refractivity contribution is 0.0929. The summed E-state index contributed by atoms with van der Waals surface area (Å²) in [5.41, 5.74) is 4.65. The molecular weight excluding hydrogens is 340 g/mol. The predicted octanol–water partition coefficient (Wildman–Crippen LogP) is 7.21. The van der Waals surface area contributed by atoms with E-state index in [0.29, 0.717) is 5.78 Å². The van der Waals surface area contributed by atoms with Crippen LogP contribution in [0.25, 0.3) is 32.7 Å². The molecular formula is C27H24O. The second kappa shape index (κ2) is 6.91. The van der Waals surface area contributed by atoms with Crippen LogP contribution in [-0.4, -0.2) is 5.78 Å². The van der Waals surface area contributed by atoms with E-state index >= 15 is 0 Å². The van der Waals surface area contributed by atoms with Crippen molar-refractivity contribution in [2.24, 2.45) is 5.92 Å². The fraction of sp³-hybridized carbons (Fsp3) is 0.222. The molecule has 0 amide bonds. The van der Waals surface area contributed by atoms with Crippen molar-refractivity contribution in [1.29, 1.82) is 0 Å². The van der Waals surface area contributed by atoms with Crippen LogP contribution in [0.2, 0.25) is 0 Å². The van der Waals surface area contributed by atoms with Crippen molar-refractivity contribution in [3.8, 4) is 11.1 Å². The van der Waals surface area contributed by atoms with Gasteiger partial charge in [0.05, 0.1) is 0 Å². The lowest BCUT2D eigenvalue weighted by Gasteiger charge is -2.13. The smallest absolute Gasteiger partial charge is 0.166 e. The van der Waals surface area contributed by atoms with Crippen LogP contribution in [0, 0.1) is 5.92 Å². The van der Waals surface area contributed by atoms with E-state index in [-0.39, 0.29) is 5.92 Å². The summed E-state index contributed by atoms with van der Waals surface area (Å²) >= 11 is 0. The molecule has 0 bridgehead atoms. The summed E-state index contributed by atoms with van der Waals surface area (Å²) in [5, 5.41) is 5.09. The first-order chi connectivity index (χ1) is 13.8. The molecule has 1 unspecified atom stereocenters. The van der Waals surface area contributed by atoms with Crippen LogP contribution in [0.15, 0.2) is 72.8 Å². The molecule has 0 aliphatic heterocycles. The maximum absolute atomic E-state index is 12.9.